The standard InChI is InChI=1S/C27H30N2O2/c1-27(2)23-19-21(26(30)31)13-16-24(23)28(3)25(27)10-6-5-9-20-11-14-22(15-12-20)29-17-7-4-8-18-29/h5-6,9-16,19H,4,7-8,17-18H2,1-3H3/p+1. The molecule has 4 rings (SSSR count). The fourth-order valence-electron chi connectivity index (χ4n) is 4.73. The molecule has 2 aliphatic rings. The molecule has 0 bridgehead atoms. The van der Waals surface area contributed by atoms with E-state index in [4.69, 9.17) is 0 Å². The molecule has 0 atom stereocenters. The van der Waals surface area contributed by atoms with Crippen LogP contribution in [0.2, 0.25) is 0 Å². The summed E-state index contributed by atoms with van der Waals surface area (Å²) >= 11 is 0. The summed E-state index contributed by atoms with van der Waals surface area (Å²) < 4.78 is 2.15. The number of hydrogen-bond acceptors (Lipinski definition) is 2. The lowest BCUT2D eigenvalue weighted by atomic mass is 9.81. The summed E-state index contributed by atoms with van der Waals surface area (Å²) in [5.74, 6) is -0.889. The lowest BCUT2D eigenvalue weighted by molar-refractivity contribution is -0.401. The predicted octanol–water partition coefficient (Wildman–Crippen LogP) is 5.65. The van der Waals surface area contributed by atoms with Gasteiger partial charge in [-0.2, -0.15) is 4.58 Å². The summed E-state index contributed by atoms with van der Waals surface area (Å²) in [6.45, 7) is 6.61. The Labute approximate surface area is 184 Å². The Hall–Kier alpha value is -3.14. The summed E-state index contributed by atoms with van der Waals surface area (Å²) in [5.41, 5.74) is 5.84. The number of aromatic carboxylic acids is 1. The van der Waals surface area contributed by atoms with Gasteiger partial charge in [-0.05, 0) is 62.9 Å². The zero-order valence-corrected chi connectivity index (χ0v) is 18.6. The van der Waals surface area contributed by atoms with Crippen molar-refractivity contribution >= 4 is 29.1 Å². The number of hydrogen-bond donors (Lipinski definition) is 1. The first-order valence-electron chi connectivity index (χ1n) is 11.1. The van der Waals surface area contributed by atoms with Gasteiger partial charge in [0.05, 0.1) is 11.0 Å². The van der Waals surface area contributed by atoms with Crippen LogP contribution < -0.4 is 4.90 Å². The third-order valence-electron chi connectivity index (χ3n) is 6.55. The molecule has 0 aliphatic carbocycles. The highest BCUT2D eigenvalue weighted by Gasteiger charge is 2.43. The molecule has 0 saturated carbocycles. The van der Waals surface area contributed by atoms with Crippen LogP contribution in [0.15, 0.2) is 60.7 Å². The fourth-order valence-corrected chi connectivity index (χ4v) is 4.73. The molecule has 2 aromatic carbocycles. The molecule has 0 radical (unpaired) electrons. The number of rotatable bonds is 5. The van der Waals surface area contributed by atoms with Crippen molar-refractivity contribution in [3.05, 3.63) is 77.4 Å². The number of nitrogens with zero attached hydrogens (tertiary/aromatic N) is 2. The van der Waals surface area contributed by atoms with Crippen molar-refractivity contribution in [2.75, 3.05) is 25.0 Å². The van der Waals surface area contributed by atoms with Crippen molar-refractivity contribution in [3.8, 4) is 0 Å². The monoisotopic (exact) mass is 415 g/mol. The van der Waals surface area contributed by atoms with Crippen LogP contribution in [0.4, 0.5) is 11.4 Å². The van der Waals surface area contributed by atoms with E-state index in [1.54, 1.807) is 12.1 Å². The molecule has 160 valence electrons. The zero-order chi connectivity index (χ0) is 22.0. The second kappa shape index (κ2) is 8.54. The Morgan fingerprint density at radius 1 is 1.00 bits per heavy atom. The van der Waals surface area contributed by atoms with E-state index in [1.807, 2.05) is 13.1 Å². The summed E-state index contributed by atoms with van der Waals surface area (Å²) in [5, 5.41) is 9.34. The van der Waals surface area contributed by atoms with E-state index in [1.165, 1.54) is 30.5 Å². The van der Waals surface area contributed by atoms with Crippen LogP contribution >= 0.6 is 0 Å². The van der Waals surface area contributed by atoms with Crippen LogP contribution in [0, 0.1) is 0 Å². The van der Waals surface area contributed by atoms with E-state index in [9.17, 15) is 9.90 Å². The quantitative estimate of drug-likeness (QED) is 0.507. The van der Waals surface area contributed by atoms with Crippen molar-refractivity contribution in [2.24, 2.45) is 0 Å². The van der Waals surface area contributed by atoms with Gasteiger partial charge in [0.1, 0.15) is 7.05 Å². The topological polar surface area (TPSA) is 43.5 Å². The molecule has 0 amide bonds. The maximum atomic E-state index is 11.4. The first kappa shape index (κ1) is 21.1. The average Bonchev–Trinajstić information content (AvgIpc) is 2.97. The van der Waals surface area contributed by atoms with Crippen molar-refractivity contribution in [1.29, 1.82) is 0 Å². The van der Waals surface area contributed by atoms with Gasteiger partial charge in [0.15, 0.2) is 5.71 Å². The van der Waals surface area contributed by atoms with E-state index in [0.29, 0.717) is 5.56 Å². The SMILES string of the molecule is C[N+]1=C(C=CC=Cc2ccc(N3CCCCC3)cc2)C(C)(C)c2cc(C(=O)O)ccc21. The van der Waals surface area contributed by atoms with Crippen LogP contribution in [0.3, 0.4) is 0 Å². The summed E-state index contributed by atoms with van der Waals surface area (Å²) in [6.07, 6.45) is 12.3. The maximum absolute atomic E-state index is 11.4. The van der Waals surface area contributed by atoms with E-state index < -0.39 is 5.97 Å². The smallest absolute Gasteiger partial charge is 0.335 e. The van der Waals surface area contributed by atoms with Crippen LogP contribution in [0.25, 0.3) is 6.08 Å². The first-order valence-corrected chi connectivity index (χ1v) is 11.1. The van der Waals surface area contributed by atoms with Gasteiger partial charge in [0, 0.05) is 36.5 Å². The molecule has 1 saturated heterocycles. The van der Waals surface area contributed by atoms with Gasteiger partial charge in [0.25, 0.3) is 0 Å². The Balaban J connectivity index is 1.47. The average molecular weight is 416 g/mol. The summed E-state index contributed by atoms with van der Waals surface area (Å²) in [7, 11) is 2.04. The second-order valence-corrected chi connectivity index (χ2v) is 8.96. The van der Waals surface area contributed by atoms with Gasteiger partial charge < -0.3 is 10.0 Å². The molecule has 1 fully saturated rings. The third kappa shape index (κ3) is 4.20. The highest BCUT2D eigenvalue weighted by atomic mass is 16.4. The van der Waals surface area contributed by atoms with E-state index in [2.05, 4.69) is 71.9 Å². The van der Waals surface area contributed by atoms with E-state index >= 15 is 0 Å². The number of carboxylic acid groups (broad SMARTS) is 1. The maximum Gasteiger partial charge on any atom is 0.335 e. The number of piperidine rings is 1. The molecular weight excluding hydrogens is 384 g/mol. The number of benzene rings is 2. The van der Waals surface area contributed by atoms with Crippen LogP contribution in [0.5, 0.6) is 0 Å². The Kier molecular flexibility index (Phi) is 5.81. The number of fused-ring (bicyclic) bond motifs is 1. The van der Waals surface area contributed by atoms with E-state index in [-0.39, 0.29) is 5.41 Å². The van der Waals surface area contributed by atoms with Crippen molar-refractivity contribution < 1.29 is 14.5 Å². The molecule has 31 heavy (non-hydrogen) atoms. The molecule has 2 aliphatic heterocycles. The highest BCUT2D eigenvalue weighted by molar-refractivity contribution is 6.03. The van der Waals surface area contributed by atoms with Gasteiger partial charge in [-0.1, -0.05) is 30.4 Å². The van der Waals surface area contributed by atoms with Gasteiger partial charge in [0.2, 0.25) is 5.69 Å². The lowest BCUT2D eigenvalue weighted by Gasteiger charge is -2.28. The number of allylic oxidation sites excluding steroid dienone is 3. The molecule has 0 spiro atoms. The number of carbonyl (C=O) groups is 1. The Bertz CT molecular complexity index is 1070. The normalized spacial score (nSPS) is 18.2. The van der Waals surface area contributed by atoms with Crippen molar-refractivity contribution in [1.82, 2.24) is 0 Å². The van der Waals surface area contributed by atoms with Crippen LogP contribution in [-0.2, 0) is 5.41 Å². The minimum absolute atomic E-state index is 0.254. The third-order valence-corrected chi connectivity index (χ3v) is 6.55. The molecule has 0 aromatic heterocycles. The molecule has 2 aromatic rings. The first-order chi connectivity index (χ1) is 14.9. The summed E-state index contributed by atoms with van der Waals surface area (Å²) in [4.78, 5) is 13.9. The zero-order valence-electron chi connectivity index (χ0n) is 18.6. The number of anilines is 1. The Morgan fingerprint density at radius 3 is 2.35 bits per heavy atom. The van der Waals surface area contributed by atoms with Crippen molar-refractivity contribution in [3.63, 3.8) is 0 Å². The minimum Gasteiger partial charge on any atom is -0.478 e. The minimum atomic E-state index is -0.889. The van der Waals surface area contributed by atoms with Gasteiger partial charge >= 0.3 is 5.97 Å². The van der Waals surface area contributed by atoms with Crippen molar-refractivity contribution in [2.45, 2.75) is 38.5 Å². The van der Waals surface area contributed by atoms with Gasteiger partial charge in [-0.3, -0.25) is 0 Å². The Morgan fingerprint density at radius 2 is 1.68 bits per heavy atom. The number of carboxylic acids is 1. The molecule has 0 unspecified atom stereocenters. The van der Waals surface area contributed by atoms with Crippen LogP contribution in [0.1, 0.15) is 54.6 Å². The molecule has 2 heterocycles. The summed E-state index contributed by atoms with van der Waals surface area (Å²) in [6, 6.07) is 14.2. The largest absolute Gasteiger partial charge is 0.478 e. The molecule has 4 nitrogen and oxygen atoms in total. The molecule has 1 N–H and O–H groups in total. The molecule has 4 heteroatoms. The predicted molar refractivity (Wildman–Crippen MR) is 128 cm³/mol. The highest BCUT2D eigenvalue weighted by Crippen LogP contribution is 2.39. The van der Waals surface area contributed by atoms with Crippen LogP contribution in [-0.4, -0.2) is 41.5 Å². The lowest BCUT2D eigenvalue weighted by Crippen LogP contribution is -2.29. The van der Waals surface area contributed by atoms with Gasteiger partial charge in [-0.25, -0.2) is 4.79 Å². The fraction of sp³-hybridized carbons (Fsp3) is 0.333. The second-order valence-electron chi connectivity index (χ2n) is 8.96. The van der Waals surface area contributed by atoms with E-state index in [0.717, 1.165) is 30.1 Å². The van der Waals surface area contributed by atoms with Gasteiger partial charge in [-0.15, -0.1) is 0 Å². The molecular formula is C27H31N2O2+.